The number of benzene rings is 2. The molecule has 0 fully saturated rings. The Morgan fingerprint density at radius 1 is 1.03 bits per heavy atom. The zero-order valence-corrected chi connectivity index (χ0v) is 17.0. The Kier molecular flexibility index (Phi) is 5.86. The number of ether oxygens (including phenoxy) is 2. The third-order valence-corrected chi connectivity index (χ3v) is 5.57. The van der Waals surface area contributed by atoms with Gasteiger partial charge in [0.1, 0.15) is 22.1 Å². The molecular formula is C18H14ClF3N2O5S. The molecule has 7 nitrogen and oxygen atoms in total. The zero-order valence-electron chi connectivity index (χ0n) is 15.5. The highest BCUT2D eigenvalue weighted by Crippen LogP contribution is 2.36. The van der Waals surface area contributed by atoms with Crippen molar-refractivity contribution >= 4 is 27.3 Å². The van der Waals surface area contributed by atoms with E-state index in [1.807, 2.05) is 0 Å². The van der Waals surface area contributed by atoms with Gasteiger partial charge in [-0.3, -0.25) is 4.72 Å². The van der Waals surface area contributed by atoms with Gasteiger partial charge < -0.3 is 14.0 Å². The van der Waals surface area contributed by atoms with Gasteiger partial charge >= 0.3 is 6.18 Å². The summed E-state index contributed by atoms with van der Waals surface area (Å²) in [6.45, 7) is 0. The van der Waals surface area contributed by atoms with Gasteiger partial charge in [-0.25, -0.2) is 8.42 Å². The lowest BCUT2D eigenvalue weighted by molar-refractivity contribution is -0.155. The third-order valence-electron chi connectivity index (χ3n) is 3.94. The molecule has 1 N–H and O–H groups in total. The Balaban J connectivity index is 2.05. The van der Waals surface area contributed by atoms with Gasteiger partial charge in [0.05, 0.1) is 19.9 Å². The number of sulfonamides is 1. The lowest BCUT2D eigenvalue weighted by Crippen LogP contribution is -2.15. The number of rotatable bonds is 6. The highest BCUT2D eigenvalue weighted by Gasteiger charge is 2.36. The summed E-state index contributed by atoms with van der Waals surface area (Å²) < 4.78 is 81.2. The first-order chi connectivity index (χ1) is 14.0. The maximum absolute atomic E-state index is 13.0. The molecule has 1 heterocycles. The number of nitrogens with one attached hydrogen (secondary N) is 1. The summed E-state index contributed by atoms with van der Waals surface area (Å²) in [6.07, 6.45) is -4.72. The van der Waals surface area contributed by atoms with Crippen LogP contribution in [0.5, 0.6) is 11.5 Å². The maximum atomic E-state index is 13.0. The summed E-state index contributed by atoms with van der Waals surface area (Å²) in [5.41, 5.74) is -0.0477. The van der Waals surface area contributed by atoms with Crippen molar-refractivity contribution in [3.8, 4) is 22.8 Å². The fourth-order valence-corrected chi connectivity index (χ4v) is 3.98. The lowest BCUT2D eigenvalue weighted by Gasteiger charge is -2.15. The summed E-state index contributed by atoms with van der Waals surface area (Å²) in [5.74, 6) is -1.13. The summed E-state index contributed by atoms with van der Waals surface area (Å²) >= 11 is 5.93. The average molecular weight is 463 g/mol. The number of methoxy groups -OCH3 is 2. The van der Waals surface area contributed by atoms with E-state index in [1.165, 1.54) is 44.6 Å². The molecule has 160 valence electrons. The number of aromatic nitrogens is 1. The van der Waals surface area contributed by atoms with E-state index in [2.05, 4.69) is 14.4 Å². The van der Waals surface area contributed by atoms with Crippen LogP contribution in [-0.4, -0.2) is 27.8 Å². The predicted octanol–water partition coefficient (Wildman–Crippen LogP) is 4.83. The van der Waals surface area contributed by atoms with Gasteiger partial charge in [0.2, 0.25) is 5.76 Å². The molecular weight excluding hydrogens is 449 g/mol. The Bertz CT molecular complexity index is 1180. The van der Waals surface area contributed by atoms with Crippen LogP contribution in [0.2, 0.25) is 5.02 Å². The lowest BCUT2D eigenvalue weighted by atomic mass is 10.1. The molecule has 0 radical (unpaired) electrons. The molecule has 0 spiro atoms. The first-order valence-electron chi connectivity index (χ1n) is 8.14. The van der Waals surface area contributed by atoms with E-state index >= 15 is 0 Å². The fourth-order valence-electron chi connectivity index (χ4n) is 2.55. The second-order valence-corrected chi connectivity index (χ2v) is 7.98. The zero-order chi connectivity index (χ0) is 22.1. The van der Waals surface area contributed by atoms with Crippen LogP contribution in [0.15, 0.2) is 51.9 Å². The number of anilines is 1. The number of alkyl halides is 3. The van der Waals surface area contributed by atoms with E-state index in [-0.39, 0.29) is 38.4 Å². The van der Waals surface area contributed by atoms with Crippen molar-refractivity contribution < 1.29 is 35.6 Å². The number of halogens is 4. The van der Waals surface area contributed by atoms with Gasteiger partial charge in [-0.15, -0.1) is 0 Å². The second-order valence-electron chi connectivity index (χ2n) is 5.89. The first kappa shape index (κ1) is 21.8. The molecule has 0 aliphatic carbocycles. The van der Waals surface area contributed by atoms with Crippen molar-refractivity contribution in [1.82, 2.24) is 5.16 Å². The van der Waals surface area contributed by atoms with Crippen molar-refractivity contribution in [2.24, 2.45) is 0 Å². The molecule has 0 bridgehead atoms. The molecule has 12 heteroatoms. The number of hydrogen-bond acceptors (Lipinski definition) is 6. The van der Waals surface area contributed by atoms with Crippen molar-refractivity contribution in [3.05, 3.63) is 53.2 Å². The van der Waals surface area contributed by atoms with Crippen LogP contribution in [0.25, 0.3) is 11.3 Å². The highest BCUT2D eigenvalue weighted by molar-refractivity contribution is 7.92. The minimum atomic E-state index is -4.72. The van der Waals surface area contributed by atoms with Crippen LogP contribution in [0.3, 0.4) is 0 Å². The van der Waals surface area contributed by atoms with E-state index in [9.17, 15) is 21.6 Å². The molecule has 0 unspecified atom stereocenters. The SMILES string of the molecule is COc1ccc(Cl)cc1NS(=O)(=O)c1cc(-c2cc(C(F)(F)F)on2)ccc1OC. The topological polar surface area (TPSA) is 90.7 Å². The molecule has 0 aliphatic heterocycles. The molecule has 2 aromatic carbocycles. The van der Waals surface area contributed by atoms with E-state index in [1.54, 1.807) is 0 Å². The van der Waals surface area contributed by atoms with Crippen LogP contribution in [0.1, 0.15) is 5.76 Å². The van der Waals surface area contributed by atoms with E-state index in [4.69, 9.17) is 21.1 Å². The van der Waals surface area contributed by atoms with Crippen LogP contribution in [0, 0.1) is 0 Å². The van der Waals surface area contributed by atoms with Crippen LogP contribution < -0.4 is 14.2 Å². The van der Waals surface area contributed by atoms with Gasteiger partial charge in [-0.2, -0.15) is 13.2 Å². The van der Waals surface area contributed by atoms with Crippen molar-refractivity contribution in [2.45, 2.75) is 11.1 Å². The van der Waals surface area contributed by atoms with Gasteiger partial charge in [0.15, 0.2) is 0 Å². The van der Waals surface area contributed by atoms with Crippen LogP contribution >= 0.6 is 11.6 Å². The third kappa shape index (κ3) is 4.46. The predicted molar refractivity (Wildman–Crippen MR) is 102 cm³/mol. The van der Waals surface area contributed by atoms with Crippen molar-refractivity contribution in [2.75, 3.05) is 18.9 Å². The van der Waals surface area contributed by atoms with Crippen molar-refractivity contribution in [1.29, 1.82) is 0 Å². The second kappa shape index (κ2) is 8.07. The minimum absolute atomic E-state index is 0.0354. The molecule has 0 saturated heterocycles. The number of hydrogen-bond donors (Lipinski definition) is 1. The summed E-state index contributed by atoms with van der Waals surface area (Å²) in [4.78, 5) is -0.332. The standard InChI is InChI=1S/C18H14ClF3N2O5S/c1-27-14-6-4-11(19)8-13(14)24-30(25,26)16-7-10(3-5-15(16)28-2)12-9-17(29-23-12)18(20,21)22/h3-9,24H,1-2H3. The van der Waals surface area contributed by atoms with E-state index in [0.717, 1.165) is 6.07 Å². The largest absolute Gasteiger partial charge is 0.495 e. The highest BCUT2D eigenvalue weighted by atomic mass is 35.5. The quantitative estimate of drug-likeness (QED) is 0.564. The van der Waals surface area contributed by atoms with Gasteiger partial charge in [-0.05, 0) is 36.4 Å². The minimum Gasteiger partial charge on any atom is -0.495 e. The van der Waals surface area contributed by atoms with E-state index in [0.29, 0.717) is 6.07 Å². The molecule has 0 amide bonds. The normalized spacial score (nSPS) is 11.9. The molecule has 0 aliphatic rings. The Hall–Kier alpha value is -2.92. The number of nitrogens with zero attached hydrogens (tertiary/aromatic N) is 1. The summed E-state index contributed by atoms with van der Waals surface area (Å²) in [6, 6.07) is 8.78. The monoisotopic (exact) mass is 462 g/mol. The van der Waals surface area contributed by atoms with Gasteiger partial charge in [0, 0.05) is 16.7 Å². The van der Waals surface area contributed by atoms with Crippen LogP contribution in [-0.2, 0) is 16.2 Å². The molecule has 30 heavy (non-hydrogen) atoms. The molecule has 1 aromatic heterocycles. The Morgan fingerprint density at radius 2 is 1.70 bits per heavy atom. The molecule has 3 aromatic rings. The summed E-state index contributed by atoms with van der Waals surface area (Å²) in [5, 5.41) is 3.63. The Labute approximate surface area is 174 Å². The van der Waals surface area contributed by atoms with Crippen LogP contribution in [0.4, 0.5) is 18.9 Å². The fraction of sp³-hybridized carbons (Fsp3) is 0.167. The first-order valence-corrected chi connectivity index (χ1v) is 10.00. The molecule has 0 atom stereocenters. The average Bonchev–Trinajstić information content (AvgIpc) is 3.18. The van der Waals surface area contributed by atoms with Gasteiger partial charge in [-0.1, -0.05) is 16.8 Å². The van der Waals surface area contributed by atoms with Crippen molar-refractivity contribution in [3.63, 3.8) is 0 Å². The maximum Gasteiger partial charge on any atom is 0.452 e. The van der Waals surface area contributed by atoms with E-state index < -0.39 is 22.0 Å². The van der Waals surface area contributed by atoms with Gasteiger partial charge in [0.25, 0.3) is 10.0 Å². The Morgan fingerprint density at radius 3 is 2.30 bits per heavy atom. The molecule has 0 saturated carbocycles. The molecule has 3 rings (SSSR count). The smallest absolute Gasteiger partial charge is 0.452 e. The summed E-state index contributed by atoms with van der Waals surface area (Å²) in [7, 11) is -1.64.